The number of hydrogen-bond acceptors (Lipinski definition) is 6. The molecule has 7 heteroatoms. The smallest absolute Gasteiger partial charge is 0.195 e. The van der Waals surface area contributed by atoms with Crippen molar-refractivity contribution < 1.29 is 9.47 Å². The molecule has 0 aliphatic rings. The monoisotopic (exact) mass is 298 g/mol. The fourth-order valence-electron chi connectivity index (χ4n) is 2.30. The van der Waals surface area contributed by atoms with E-state index in [4.69, 9.17) is 20.2 Å². The zero-order valence-corrected chi connectivity index (χ0v) is 13.0. The number of nitrogens with two attached hydrogens (primary N) is 1. The molecule has 0 aromatic carbocycles. The maximum Gasteiger partial charge on any atom is 0.195 e. The van der Waals surface area contributed by atoms with Gasteiger partial charge in [-0.25, -0.2) is 4.98 Å². The lowest BCUT2D eigenvalue weighted by Gasteiger charge is -2.29. The van der Waals surface area contributed by atoms with E-state index >= 15 is 0 Å². The van der Waals surface area contributed by atoms with Gasteiger partial charge in [0.2, 0.25) is 0 Å². The minimum atomic E-state index is 0.213. The Kier molecular flexibility index (Phi) is 5.36. The van der Waals surface area contributed by atoms with E-state index in [9.17, 15) is 0 Å². The summed E-state index contributed by atoms with van der Waals surface area (Å²) in [6.45, 7) is 4.62. The van der Waals surface area contributed by atoms with E-state index in [-0.39, 0.29) is 6.04 Å². The Bertz CT molecular complexity index is 539. The van der Waals surface area contributed by atoms with Gasteiger partial charge in [-0.05, 0) is 6.92 Å². The normalized spacial score (nSPS) is 13.0. The summed E-state index contributed by atoms with van der Waals surface area (Å²) in [5.41, 5.74) is 6.94. The number of rotatable bonds is 8. The van der Waals surface area contributed by atoms with Crippen molar-refractivity contribution in [2.75, 3.05) is 38.9 Å². The van der Waals surface area contributed by atoms with Crippen LogP contribution in [0.25, 0.3) is 4.96 Å². The summed E-state index contributed by atoms with van der Waals surface area (Å²) in [5.74, 6) is 0.931. The van der Waals surface area contributed by atoms with Crippen LogP contribution in [0.3, 0.4) is 0 Å². The largest absolute Gasteiger partial charge is 0.383 e. The Morgan fingerprint density at radius 1 is 1.45 bits per heavy atom. The topological polar surface area (TPSA) is 65.0 Å². The second kappa shape index (κ2) is 7.03. The van der Waals surface area contributed by atoms with Crippen molar-refractivity contribution in [3.8, 4) is 0 Å². The van der Waals surface area contributed by atoms with Crippen molar-refractivity contribution >= 4 is 22.1 Å². The van der Waals surface area contributed by atoms with Crippen molar-refractivity contribution in [2.24, 2.45) is 5.73 Å². The average molecular weight is 298 g/mol. The third-order valence-corrected chi connectivity index (χ3v) is 4.04. The van der Waals surface area contributed by atoms with Gasteiger partial charge in [0.25, 0.3) is 0 Å². The number of hydrogen-bond donors (Lipinski definition) is 1. The van der Waals surface area contributed by atoms with Gasteiger partial charge in [0.15, 0.2) is 10.8 Å². The Morgan fingerprint density at radius 2 is 2.25 bits per heavy atom. The standard InChI is InChI=1S/C13H22N4O2S/c1-10(9-19-3)16(4-6-18-2)12-11(8-14)17-5-7-20-13(17)15-12/h5,7,10H,4,6,8-9,14H2,1-3H3. The molecule has 0 fully saturated rings. The predicted octanol–water partition coefficient (Wildman–Crippen LogP) is 1.34. The second-order valence-electron chi connectivity index (χ2n) is 4.63. The molecule has 1 atom stereocenters. The van der Waals surface area contributed by atoms with Gasteiger partial charge >= 0.3 is 0 Å². The van der Waals surface area contributed by atoms with Gasteiger partial charge in [-0.15, -0.1) is 11.3 Å². The summed E-state index contributed by atoms with van der Waals surface area (Å²) >= 11 is 1.61. The van der Waals surface area contributed by atoms with Gasteiger partial charge in [0.05, 0.1) is 24.9 Å². The van der Waals surface area contributed by atoms with Crippen molar-refractivity contribution in [1.82, 2.24) is 9.38 Å². The highest BCUT2D eigenvalue weighted by Gasteiger charge is 2.22. The first kappa shape index (κ1) is 15.2. The summed E-state index contributed by atoms with van der Waals surface area (Å²) < 4.78 is 12.5. The molecule has 0 aliphatic heterocycles. The molecule has 2 rings (SSSR count). The molecule has 0 aliphatic carbocycles. The van der Waals surface area contributed by atoms with Crippen molar-refractivity contribution in [3.63, 3.8) is 0 Å². The van der Waals surface area contributed by atoms with E-state index in [0.717, 1.165) is 23.0 Å². The molecular weight excluding hydrogens is 276 g/mol. The quantitative estimate of drug-likeness (QED) is 0.797. The summed E-state index contributed by atoms with van der Waals surface area (Å²) in [6, 6.07) is 0.213. The summed E-state index contributed by atoms with van der Waals surface area (Å²) in [6.07, 6.45) is 2.01. The van der Waals surface area contributed by atoms with Gasteiger partial charge in [-0.2, -0.15) is 0 Å². The lowest BCUT2D eigenvalue weighted by molar-refractivity contribution is 0.170. The van der Waals surface area contributed by atoms with Gasteiger partial charge < -0.3 is 20.1 Å². The first-order valence-corrected chi connectivity index (χ1v) is 7.49. The zero-order valence-electron chi connectivity index (χ0n) is 12.2. The third kappa shape index (κ3) is 2.95. The van der Waals surface area contributed by atoms with Crippen molar-refractivity contribution in [1.29, 1.82) is 0 Å². The van der Waals surface area contributed by atoms with E-state index in [2.05, 4.69) is 16.2 Å². The zero-order chi connectivity index (χ0) is 14.5. The highest BCUT2D eigenvalue weighted by Crippen LogP contribution is 2.25. The fourth-order valence-corrected chi connectivity index (χ4v) is 3.02. The molecule has 0 radical (unpaired) electrons. The Morgan fingerprint density at radius 3 is 2.90 bits per heavy atom. The van der Waals surface area contributed by atoms with Crippen LogP contribution in [-0.4, -0.2) is 49.4 Å². The van der Waals surface area contributed by atoms with Gasteiger partial charge in [0.1, 0.15) is 0 Å². The predicted molar refractivity (Wildman–Crippen MR) is 81.5 cm³/mol. The number of anilines is 1. The van der Waals surface area contributed by atoms with Crippen LogP contribution in [0.5, 0.6) is 0 Å². The SMILES string of the molecule is COCCN(c1nc2sccn2c1CN)C(C)COC. The molecule has 0 saturated carbocycles. The second-order valence-corrected chi connectivity index (χ2v) is 5.51. The summed E-state index contributed by atoms with van der Waals surface area (Å²) in [5, 5.41) is 2.02. The van der Waals surface area contributed by atoms with E-state index in [1.807, 2.05) is 11.6 Å². The number of thiazole rings is 1. The minimum absolute atomic E-state index is 0.213. The van der Waals surface area contributed by atoms with E-state index < -0.39 is 0 Å². The molecule has 20 heavy (non-hydrogen) atoms. The summed E-state index contributed by atoms with van der Waals surface area (Å²) in [7, 11) is 3.41. The third-order valence-electron chi connectivity index (χ3n) is 3.28. The van der Waals surface area contributed by atoms with Gasteiger partial charge in [-0.3, -0.25) is 4.40 Å². The highest BCUT2D eigenvalue weighted by molar-refractivity contribution is 7.15. The number of ether oxygens (including phenoxy) is 2. The van der Waals surface area contributed by atoms with Crippen molar-refractivity contribution in [2.45, 2.75) is 19.5 Å². The molecule has 0 spiro atoms. The number of aromatic nitrogens is 2. The lowest BCUT2D eigenvalue weighted by atomic mass is 10.2. The molecule has 0 saturated heterocycles. The van der Waals surface area contributed by atoms with Gasteiger partial charge in [-0.1, -0.05) is 0 Å². The molecule has 0 bridgehead atoms. The molecule has 0 amide bonds. The minimum Gasteiger partial charge on any atom is -0.383 e. The molecular formula is C13H22N4O2S. The van der Waals surface area contributed by atoms with Crippen molar-refractivity contribution in [3.05, 3.63) is 17.3 Å². The average Bonchev–Trinajstić information content (AvgIpc) is 2.99. The number of fused-ring (bicyclic) bond motifs is 1. The number of imidazole rings is 1. The van der Waals surface area contributed by atoms with Crippen LogP contribution in [0.4, 0.5) is 5.82 Å². The van der Waals surface area contributed by atoms with Gasteiger partial charge in [0, 0.05) is 38.9 Å². The van der Waals surface area contributed by atoms with Crippen LogP contribution in [0.15, 0.2) is 11.6 Å². The molecule has 1 unspecified atom stereocenters. The number of nitrogens with zero attached hydrogens (tertiary/aromatic N) is 3. The Hall–Kier alpha value is -1.15. The highest BCUT2D eigenvalue weighted by atomic mass is 32.1. The van der Waals surface area contributed by atoms with E-state index in [0.29, 0.717) is 19.8 Å². The summed E-state index contributed by atoms with van der Waals surface area (Å²) in [4.78, 5) is 7.88. The number of methoxy groups -OCH3 is 2. The van der Waals surface area contributed by atoms with Crippen LogP contribution in [0.1, 0.15) is 12.6 Å². The first-order chi connectivity index (χ1) is 9.72. The van der Waals surface area contributed by atoms with Crippen LogP contribution in [0.2, 0.25) is 0 Å². The molecule has 2 N–H and O–H groups in total. The van der Waals surface area contributed by atoms with Crippen LogP contribution >= 0.6 is 11.3 Å². The molecule has 2 aromatic rings. The molecule has 6 nitrogen and oxygen atoms in total. The van der Waals surface area contributed by atoms with Crippen LogP contribution in [-0.2, 0) is 16.0 Å². The lowest BCUT2D eigenvalue weighted by Crippen LogP contribution is -2.39. The van der Waals surface area contributed by atoms with Crippen LogP contribution in [0, 0.1) is 0 Å². The van der Waals surface area contributed by atoms with E-state index in [1.165, 1.54) is 0 Å². The maximum atomic E-state index is 5.92. The fraction of sp³-hybridized carbons (Fsp3) is 0.615. The molecule has 112 valence electrons. The molecule has 2 heterocycles. The Labute approximate surface area is 123 Å². The van der Waals surface area contributed by atoms with Crippen LogP contribution < -0.4 is 10.6 Å². The van der Waals surface area contributed by atoms with E-state index in [1.54, 1.807) is 25.6 Å². The Balaban J connectivity index is 2.35. The molecule has 2 aromatic heterocycles. The maximum absolute atomic E-state index is 5.92. The first-order valence-electron chi connectivity index (χ1n) is 6.62.